The molecule has 0 N–H and O–H groups in total. The lowest BCUT2D eigenvalue weighted by Gasteiger charge is -2.59. The molecule has 158 valence electrons. The first-order chi connectivity index (χ1) is 13.7. The van der Waals surface area contributed by atoms with Gasteiger partial charge in [0.1, 0.15) is 18.5 Å². The number of Topliss-reactive ketones (excluding diaryl/α,β-unsaturated/α-hetero) is 1. The normalized spacial score (nSPS) is 43.2. The maximum absolute atomic E-state index is 13.4. The molecule has 0 aromatic carbocycles. The van der Waals surface area contributed by atoms with Crippen LogP contribution < -0.4 is 0 Å². The molecule has 0 spiro atoms. The summed E-state index contributed by atoms with van der Waals surface area (Å²) in [6, 6.07) is 0. The number of ether oxygens (including phenoxy) is 2. The zero-order chi connectivity index (χ0) is 21.0. The van der Waals surface area contributed by atoms with Crippen molar-refractivity contribution in [2.75, 3.05) is 6.61 Å². The van der Waals surface area contributed by atoms with Crippen LogP contribution in [-0.4, -0.2) is 36.2 Å². The molecule has 0 aromatic rings. The van der Waals surface area contributed by atoms with E-state index in [9.17, 15) is 19.2 Å². The predicted molar refractivity (Wildman–Crippen MR) is 104 cm³/mol. The minimum absolute atomic E-state index is 0.0203. The number of carbonyl (C=O) groups excluding carboxylic acids is 4. The van der Waals surface area contributed by atoms with Crippen molar-refractivity contribution in [3.05, 3.63) is 12.2 Å². The maximum atomic E-state index is 13.4. The van der Waals surface area contributed by atoms with Crippen molar-refractivity contribution in [1.82, 2.24) is 0 Å². The van der Waals surface area contributed by atoms with Crippen LogP contribution in [0.25, 0.3) is 0 Å². The van der Waals surface area contributed by atoms with Gasteiger partial charge in [-0.25, -0.2) is 0 Å². The number of hydrogen-bond donors (Lipinski definition) is 0. The predicted octanol–water partition coefficient (Wildman–Crippen LogP) is 3.03. The van der Waals surface area contributed by atoms with Crippen molar-refractivity contribution in [1.29, 1.82) is 0 Å². The van der Waals surface area contributed by atoms with Gasteiger partial charge in [0, 0.05) is 31.6 Å². The summed E-state index contributed by atoms with van der Waals surface area (Å²) in [4.78, 5) is 49.6. The summed E-state index contributed by atoms with van der Waals surface area (Å²) in [6.45, 7) is 4.83. The molecule has 0 aromatic heterocycles. The Morgan fingerprint density at radius 3 is 2.55 bits per heavy atom. The van der Waals surface area contributed by atoms with Crippen LogP contribution in [0.3, 0.4) is 0 Å². The maximum Gasteiger partial charge on any atom is 0.302 e. The van der Waals surface area contributed by atoms with Gasteiger partial charge in [-0.15, -0.1) is 0 Å². The number of allylic oxidation sites excluding steroid dienone is 2. The molecule has 0 unspecified atom stereocenters. The minimum Gasteiger partial charge on any atom is -0.465 e. The van der Waals surface area contributed by atoms with Crippen LogP contribution in [0.1, 0.15) is 59.3 Å². The number of fused-ring (bicyclic) bond motifs is 5. The van der Waals surface area contributed by atoms with Crippen molar-refractivity contribution in [2.24, 2.45) is 34.5 Å². The quantitative estimate of drug-likeness (QED) is 0.675. The first-order valence-electron chi connectivity index (χ1n) is 10.7. The summed E-state index contributed by atoms with van der Waals surface area (Å²) in [7, 11) is 0. The molecule has 4 aliphatic carbocycles. The van der Waals surface area contributed by atoms with E-state index in [4.69, 9.17) is 9.47 Å². The Kier molecular flexibility index (Phi) is 4.94. The van der Waals surface area contributed by atoms with Gasteiger partial charge in [0.05, 0.1) is 5.41 Å². The third kappa shape index (κ3) is 2.98. The Labute approximate surface area is 171 Å². The van der Waals surface area contributed by atoms with Crippen LogP contribution in [0.4, 0.5) is 0 Å². The molecular weight excluding hydrogens is 372 g/mol. The molecule has 6 heteroatoms. The first-order valence-corrected chi connectivity index (χ1v) is 10.7. The monoisotopic (exact) mass is 402 g/mol. The van der Waals surface area contributed by atoms with Crippen LogP contribution in [0.15, 0.2) is 12.2 Å². The molecule has 3 saturated carbocycles. The molecule has 29 heavy (non-hydrogen) atoms. The van der Waals surface area contributed by atoms with Gasteiger partial charge >= 0.3 is 11.9 Å². The van der Waals surface area contributed by atoms with Crippen LogP contribution in [0.2, 0.25) is 0 Å². The number of esters is 2. The van der Waals surface area contributed by atoms with Crippen LogP contribution in [0, 0.1) is 34.5 Å². The number of rotatable bonds is 3. The highest BCUT2D eigenvalue weighted by Crippen LogP contribution is 2.64. The molecule has 0 amide bonds. The summed E-state index contributed by atoms with van der Waals surface area (Å²) >= 11 is 0. The van der Waals surface area contributed by atoms with E-state index < -0.39 is 17.5 Å². The lowest BCUT2D eigenvalue weighted by Crippen LogP contribution is -2.63. The Hall–Kier alpha value is -1.98. The lowest BCUT2D eigenvalue weighted by molar-refractivity contribution is -0.195. The average Bonchev–Trinajstić information content (AvgIpc) is 2.95. The lowest BCUT2D eigenvalue weighted by atomic mass is 9.44. The third-order valence-electron chi connectivity index (χ3n) is 8.37. The third-order valence-corrected chi connectivity index (χ3v) is 8.37. The van der Waals surface area contributed by atoms with E-state index in [1.165, 1.54) is 13.8 Å². The Morgan fingerprint density at radius 2 is 1.86 bits per heavy atom. The second-order valence-corrected chi connectivity index (χ2v) is 9.61. The molecule has 4 rings (SSSR count). The highest BCUT2D eigenvalue weighted by molar-refractivity contribution is 5.97. The second kappa shape index (κ2) is 7.06. The van der Waals surface area contributed by atoms with E-state index in [0.29, 0.717) is 25.0 Å². The molecular formula is C23H30O6. The fourth-order valence-electron chi connectivity index (χ4n) is 7.12. The molecule has 6 nitrogen and oxygen atoms in total. The van der Waals surface area contributed by atoms with Gasteiger partial charge in [-0.1, -0.05) is 13.0 Å². The van der Waals surface area contributed by atoms with E-state index in [-0.39, 0.29) is 47.4 Å². The largest absolute Gasteiger partial charge is 0.465 e. The Bertz CT molecular complexity index is 784. The van der Waals surface area contributed by atoms with Crippen LogP contribution >= 0.6 is 0 Å². The van der Waals surface area contributed by atoms with Gasteiger partial charge in [-0.2, -0.15) is 0 Å². The van der Waals surface area contributed by atoms with E-state index in [2.05, 4.69) is 6.92 Å². The van der Waals surface area contributed by atoms with Crippen LogP contribution in [-0.2, 0) is 28.7 Å². The van der Waals surface area contributed by atoms with Crippen molar-refractivity contribution >= 4 is 23.5 Å². The Balaban J connectivity index is 1.80. The van der Waals surface area contributed by atoms with Crippen molar-refractivity contribution in [3.8, 4) is 0 Å². The number of carbonyl (C=O) groups is 4. The molecule has 3 fully saturated rings. The van der Waals surface area contributed by atoms with Gasteiger partial charge in [-0.3, -0.25) is 19.2 Å². The summed E-state index contributed by atoms with van der Waals surface area (Å²) in [5, 5.41) is 0. The molecule has 0 heterocycles. The molecule has 7 atom stereocenters. The van der Waals surface area contributed by atoms with Crippen molar-refractivity contribution < 1.29 is 28.7 Å². The number of ketones is 2. The summed E-state index contributed by atoms with van der Waals surface area (Å²) in [6.07, 6.45) is 7.27. The zero-order valence-electron chi connectivity index (χ0n) is 17.4. The molecule has 0 aliphatic heterocycles. The second-order valence-electron chi connectivity index (χ2n) is 9.61. The van der Waals surface area contributed by atoms with Gasteiger partial charge in [0.15, 0.2) is 5.78 Å². The molecule has 0 bridgehead atoms. The summed E-state index contributed by atoms with van der Waals surface area (Å²) in [5.41, 5.74) is -1.23. The summed E-state index contributed by atoms with van der Waals surface area (Å²) < 4.78 is 11.2. The van der Waals surface area contributed by atoms with Gasteiger partial charge in [-0.05, 0) is 55.9 Å². The SMILES string of the molecule is CC(=O)OC[C@]12C(=O)C=CC[C@@H]1[C@@H](OC(C)=O)C[C@H]1[C@H]2CC[C@]2(C)C(=O)CC[C@@H]12. The summed E-state index contributed by atoms with van der Waals surface area (Å²) in [5.74, 6) is -0.384. The van der Waals surface area contributed by atoms with E-state index in [1.807, 2.05) is 6.08 Å². The fourth-order valence-corrected chi connectivity index (χ4v) is 7.12. The average molecular weight is 402 g/mol. The smallest absolute Gasteiger partial charge is 0.302 e. The first kappa shape index (κ1) is 20.3. The highest BCUT2D eigenvalue weighted by atomic mass is 16.5. The number of hydrogen-bond acceptors (Lipinski definition) is 6. The van der Waals surface area contributed by atoms with Gasteiger partial charge in [0.25, 0.3) is 0 Å². The minimum atomic E-state index is -0.879. The van der Waals surface area contributed by atoms with Crippen molar-refractivity contribution in [2.45, 2.75) is 65.4 Å². The Morgan fingerprint density at radius 1 is 1.10 bits per heavy atom. The molecule has 4 aliphatic rings. The van der Waals surface area contributed by atoms with Crippen molar-refractivity contribution in [3.63, 3.8) is 0 Å². The molecule has 0 radical (unpaired) electrons. The van der Waals surface area contributed by atoms with E-state index in [1.54, 1.807) is 6.08 Å². The van der Waals surface area contributed by atoms with Gasteiger partial charge in [0.2, 0.25) is 0 Å². The fraction of sp³-hybridized carbons (Fsp3) is 0.739. The zero-order valence-corrected chi connectivity index (χ0v) is 17.4. The molecule has 0 saturated heterocycles. The van der Waals surface area contributed by atoms with Crippen LogP contribution in [0.5, 0.6) is 0 Å². The van der Waals surface area contributed by atoms with E-state index >= 15 is 0 Å². The standard InChI is InChI=1S/C23H30O6/c1-13(24)28-12-23-17-9-10-22(3)16(7-8-20(22)26)15(17)11-19(29-14(2)25)18(23)5-4-6-21(23)27/h4,6,15-19H,5,7-12H2,1-3H3/t15-,16+,17-,18-,19+,22+,23-/m1/s1. The topological polar surface area (TPSA) is 86.7 Å². The van der Waals surface area contributed by atoms with Gasteiger partial charge < -0.3 is 9.47 Å². The van der Waals surface area contributed by atoms with E-state index in [0.717, 1.165) is 19.3 Å². The highest BCUT2D eigenvalue weighted by Gasteiger charge is 2.66.